The molecule has 1 aliphatic rings. The van der Waals surface area contributed by atoms with Crippen LogP contribution in [0.5, 0.6) is 0 Å². The van der Waals surface area contributed by atoms with E-state index in [0.717, 1.165) is 24.8 Å². The maximum absolute atomic E-state index is 4.44. The summed E-state index contributed by atoms with van der Waals surface area (Å²) in [5.41, 5.74) is 1.74. The maximum Gasteiger partial charge on any atom is 0.130 e. The van der Waals surface area contributed by atoms with Gasteiger partial charge in [-0.1, -0.05) is 26.8 Å². The number of hydrogen-bond donors (Lipinski definition) is 1. The molecule has 0 spiro atoms. The summed E-state index contributed by atoms with van der Waals surface area (Å²) in [4.78, 5) is 7.00. The normalized spacial score (nSPS) is 20.7. The molecule has 1 saturated heterocycles. The summed E-state index contributed by atoms with van der Waals surface area (Å²) in [6.45, 7) is 13.5. The minimum Gasteiger partial charge on any atom is -0.370 e. The van der Waals surface area contributed by atoms with E-state index < -0.39 is 0 Å². The molecule has 0 amide bonds. The SMILES string of the molecule is CCNc1ncccc1CN1CCC(C(C)(C)C)C1. The molecule has 2 heterocycles. The van der Waals surface area contributed by atoms with E-state index in [0.29, 0.717) is 5.41 Å². The molecular formula is C16H27N3. The molecule has 0 aliphatic carbocycles. The fourth-order valence-electron chi connectivity index (χ4n) is 2.82. The van der Waals surface area contributed by atoms with Crippen LogP contribution in [0.3, 0.4) is 0 Å². The number of hydrogen-bond acceptors (Lipinski definition) is 3. The zero-order chi connectivity index (χ0) is 13.9. The Morgan fingerprint density at radius 1 is 1.42 bits per heavy atom. The van der Waals surface area contributed by atoms with E-state index in [9.17, 15) is 0 Å². The lowest BCUT2D eigenvalue weighted by atomic mass is 9.80. The molecule has 1 aromatic rings. The van der Waals surface area contributed by atoms with Crippen molar-refractivity contribution in [1.82, 2.24) is 9.88 Å². The van der Waals surface area contributed by atoms with Gasteiger partial charge in [-0.2, -0.15) is 0 Å². The molecule has 0 radical (unpaired) electrons. The second kappa shape index (κ2) is 5.91. The van der Waals surface area contributed by atoms with Gasteiger partial charge in [-0.25, -0.2) is 4.98 Å². The van der Waals surface area contributed by atoms with Crippen LogP contribution < -0.4 is 5.32 Å². The molecule has 1 aromatic heterocycles. The van der Waals surface area contributed by atoms with Crippen LogP contribution in [0.15, 0.2) is 18.3 Å². The predicted molar refractivity (Wildman–Crippen MR) is 81.2 cm³/mol. The van der Waals surface area contributed by atoms with Gasteiger partial charge in [-0.3, -0.25) is 4.90 Å². The number of likely N-dealkylation sites (tertiary alicyclic amines) is 1. The molecule has 3 heteroatoms. The highest BCUT2D eigenvalue weighted by Gasteiger charge is 2.31. The van der Waals surface area contributed by atoms with E-state index in [1.807, 2.05) is 12.3 Å². The molecule has 0 bridgehead atoms. The summed E-state index contributed by atoms with van der Waals surface area (Å²) < 4.78 is 0. The third-order valence-electron chi connectivity index (χ3n) is 4.13. The van der Waals surface area contributed by atoms with Crippen molar-refractivity contribution in [2.24, 2.45) is 11.3 Å². The van der Waals surface area contributed by atoms with Gasteiger partial charge in [-0.05, 0) is 37.3 Å². The van der Waals surface area contributed by atoms with Crippen LogP contribution in [0, 0.1) is 11.3 Å². The molecule has 1 atom stereocenters. The number of anilines is 1. The number of rotatable bonds is 4. The Hall–Kier alpha value is -1.09. The Bertz CT molecular complexity index is 409. The standard InChI is InChI=1S/C16H27N3/c1-5-17-15-13(7-6-9-18-15)11-19-10-8-14(12-19)16(2,3)4/h6-7,9,14H,5,8,10-12H2,1-4H3,(H,17,18). The minimum atomic E-state index is 0.425. The summed E-state index contributed by atoms with van der Waals surface area (Å²) in [6, 6.07) is 4.23. The van der Waals surface area contributed by atoms with Gasteiger partial charge in [0, 0.05) is 31.4 Å². The second-order valence-electron chi connectivity index (χ2n) is 6.63. The van der Waals surface area contributed by atoms with Crippen molar-refractivity contribution < 1.29 is 0 Å². The fraction of sp³-hybridized carbons (Fsp3) is 0.688. The van der Waals surface area contributed by atoms with Gasteiger partial charge in [0.05, 0.1) is 0 Å². The van der Waals surface area contributed by atoms with Crippen molar-refractivity contribution in [3.63, 3.8) is 0 Å². The predicted octanol–water partition coefficient (Wildman–Crippen LogP) is 3.38. The van der Waals surface area contributed by atoms with Gasteiger partial charge >= 0.3 is 0 Å². The first-order valence-electron chi connectivity index (χ1n) is 7.41. The van der Waals surface area contributed by atoms with Gasteiger partial charge in [0.2, 0.25) is 0 Å². The molecule has 1 aliphatic heterocycles. The number of nitrogens with zero attached hydrogens (tertiary/aromatic N) is 2. The van der Waals surface area contributed by atoms with Crippen molar-refractivity contribution in [2.75, 3.05) is 25.0 Å². The van der Waals surface area contributed by atoms with Crippen molar-refractivity contribution in [3.05, 3.63) is 23.9 Å². The van der Waals surface area contributed by atoms with Crippen LogP contribution in [0.4, 0.5) is 5.82 Å². The summed E-state index contributed by atoms with van der Waals surface area (Å²) >= 11 is 0. The van der Waals surface area contributed by atoms with Crippen LogP contribution in [0.25, 0.3) is 0 Å². The second-order valence-corrected chi connectivity index (χ2v) is 6.63. The Morgan fingerprint density at radius 2 is 2.21 bits per heavy atom. The highest BCUT2D eigenvalue weighted by molar-refractivity contribution is 5.43. The average Bonchev–Trinajstić information content (AvgIpc) is 2.80. The average molecular weight is 261 g/mol. The van der Waals surface area contributed by atoms with Gasteiger partial charge in [-0.15, -0.1) is 0 Å². The van der Waals surface area contributed by atoms with E-state index >= 15 is 0 Å². The highest BCUT2D eigenvalue weighted by Crippen LogP contribution is 2.34. The van der Waals surface area contributed by atoms with Crippen LogP contribution >= 0.6 is 0 Å². The molecule has 106 valence electrons. The lowest BCUT2D eigenvalue weighted by Crippen LogP contribution is -2.26. The molecular weight excluding hydrogens is 234 g/mol. The minimum absolute atomic E-state index is 0.425. The van der Waals surface area contributed by atoms with Crippen molar-refractivity contribution in [2.45, 2.75) is 40.7 Å². The Morgan fingerprint density at radius 3 is 2.84 bits per heavy atom. The molecule has 1 fully saturated rings. The summed E-state index contributed by atoms with van der Waals surface area (Å²) in [5.74, 6) is 1.86. The Labute approximate surface area is 117 Å². The van der Waals surface area contributed by atoms with Gasteiger partial charge < -0.3 is 5.32 Å². The smallest absolute Gasteiger partial charge is 0.130 e. The first-order valence-corrected chi connectivity index (χ1v) is 7.41. The third kappa shape index (κ3) is 3.69. The van der Waals surface area contributed by atoms with Crippen molar-refractivity contribution in [3.8, 4) is 0 Å². The number of pyridine rings is 1. The zero-order valence-corrected chi connectivity index (χ0v) is 12.7. The van der Waals surface area contributed by atoms with E-state index in [4.69, 9.17) is 0 Å². The summed E-state index contributed by atoms with van der Waals surface area (Å²) in [6.07, 6.45) is 3.18. The maximum atomic E-state index is 4.44. The number of aromatic nitrogens is 1. The van der Waals surface area contributed by atoms with Crippen LogP contribution in [-0.2, 0) is 6.54 Å². The summed E-state index contributed by atoms with van der Waals surface area (Å²) in [5, 5.41) is 3.35. The zero-order valence-electron chi connectivity index (χ0n) is 12.7. The van der Waals surface area contributed by atoms with Crippen molar-refractivity contribution in [1.29, 1.82) is 0 Å². The Kier molecular flexibility index (Phi) is 4.46. The molecule has 2 rings (SSSR count). The van der Waals surface area contributed by atoms with Gasteiger partial charge in [0.1, 0.15) is 5.82 Å². The fourth-order valence-corrected chi connectivity index (χ4v) is 2.82. The molecule has 3 nitrogen and oxygen atoms in total. The van der Waals surface area contributed by atoms with E-state index in [-0.39, 0.29) is 0 Å². The van der Waals surface area contributed by atoms with Gasteiger partial charge in [0.25, 0.3) is 0 Å². The first-order chi connectivity index (χ1) is 9.00. The van der Waals surface area contributed by atoms with Crippen LogP contribution in [0.2, 0.25) is 0 Å². The summed E-state index contributed by atoms with van der Waals surface area (Å²) in [7, 11) is 0. The van der Waals surface area contributed by atoms with E-state index in [1.54, 1.807) is 0 Å². The van der Waals surface area contributed by atoms with Gasteiger partial charge in [0.15, 0.2) is 0 Å². The quantitative estimate of drug-likeness (QED) is 0.900. The molecule has 0 saturated carbocycles. The molecule has 0 aromatic carbocycles. The monoisotopic (exact) mass is 261 g/mol. The number of nitrogens with one attached hydrogen (secondary N) is 1. The lowest BCUT2D eigenvalue weighted by Gasteiger charge is -2.27. The van der Waals surface area contributed by atoms with Crippen molar-refractivity contribution >= 4 is 5.82 Å². The topological polar surface area (TPSA) is 28.2 Å². The molecule has 19 heavy (non-hydrogen) atoms. The molecule has 1 unspecified atom stereocenters. The first kappa shape index (κ1) is 14.3. The Balaban J connectivity index is 1.99. The largest absolute Gasteiger partial charge is 0.370 e. The van der Waals surface area contributed by atoms with Crippen LogP contribution in [0.1, 0.15) is 39.7 Å². The van der Waals surface area contributed by atoms with Crippen LogP contribution in [-0.4, -0.2) is 29.5 Å². The van der Waals surface area contributed by atoms with E-state index in [1.165, 1.54) is 25.1 Å². The third-order valence-corrected chi connectivity index (χ3v) is 4.13. The lowest BCUT2D eigenvalue weighted by molar-refractivity contribution is 0.226. The van der Waals surface area contributed by atoms with E-state index in [2.05, 4.69) is 49.0 Å². The molecule has 1 N–H and O–H groups in total. The highest BCUT2D eigenvalue weighted by atomic mass is 15.2.